The van der Waals surface area contributed by atoms with E-state index in [9.17, 15) is 4.79 Å². The molecule has 1 aromatic heterocycles. The first-order valence-electron chi connectivity index (χ1n) is 6.71. The van der Waals surface area contributed by atoms with E-state index >= 15 is 0 Å². The van der Waals surface area contributed by atoms with Gasteiger partial charge in [-0.15, -0.1) is 11.3 Å². The van der Waals surface area contributed by atoms with Crippen LogP contribution in [0.15, 0.2) is 29.6 Å². The molecule has 1 fully saturated rings. The molecule has 0 spiro atoms. The fourth-order valence-electron chi connectivity index (χ4n) is 2.39. The average Bonchev–Trinajstić information content (AvgIpc) is 3.06. The van der Waals surface area contributed by atoms with Gasteiger partial charge >= 0.3 is 0 Å². The van der Waals surface area contributed by atoms with E-state index in [2.05, 4.69) is 4.98 Å². The zero-order valence-electron chi connectivity index (χ0n) is 11.0. The van der Waals surface area contributed by atoms with Crippen molar-refractivity contribution in [3.8, 4) is 11.3 Å². The molecule has 0 unspecified atom stereocenters. The zero-order chi connectivity index (χ0) is 13.9. The molecule has 5 heteroatoms. The first-order valence-corrected chi connectivity index (χ1v) is 7.97. The van der Waals surface area contributed by atoms with E-state index < -0.39 is 0 Å². The summed E-state index contributed by atoms with van der Waals surface area (Å²) in [7, 11) is 0. The van der Waals surface area contributed by atoms with E-state index in [0.29, 0.717) is 6.42 Å². The van der Waals surface area contributed by atoms with Crippen LogP contribution in [0.4, 0.5) is 0 Å². The molecular weight excluding hydrogens is 292 g/mol. The topological polar surface area (TPSA) is 33.2 Å². The fraction of sp³-hybridized carbons (Fsp3) is 0.333. The highest BCUT2D eigenvalue weighted by molar-refractivity contribution is 7.09. The van der Waals surface area contributed by atoms with Crippen molar-refractivity contribution in [3.05, 3.63) is 39.7 Å². The summed E-state index contributed by atoms with van der Waals surface area (Å²) in [6.07, 6.45) is 2.51. The summed E-state index contributed by atoms with van der Waals surface area (Å²) < 4.78 is 0. The minimum absolute atomic E-state index is 0.271. The summed E-state index contributed by atoms with van der Waals surface area (Å²) in [6.45, 7) is 1.66. The van der Waals surface area contributed by atoms with Crippen molar-refractivity contribution < 1.29 is 4.79 Å². The van der Waals surface area contributed by atoms with Crippen molar-refractivity contribution in [1.29, 1.82) is 0 Å². The SMILES string of the molecule is O=C1CCCN1CCc1nc(-c2ccccc2Cl)cs1. The van der Waals surface area contributed by atoms with E-state index in [4.69, 9.17) is 11.6 Å². The molecule has 3 nitrogen and oxygen atoms in total. The molecule has 1 amide bonds. The van der Waals surface area contributed by atoms with Crippen LogP contribution in [-0.2, 0) is 11.2 Å². The Labute approximate surface area is 127 Å². The molecule has 3 rings (SSSR count). The van der Waals surface area contributed by atoms with E-state index in [1.54, 1.807) is 11.3 Å². The number of benzene rings is 1. The third kappa shape index (κ3) is 2.86. The van der Waals surface area contributed by atoms with Gasteiger partial charge in [0.2, 0.25) is 5.91 Å². The summed E-state index contributed by atoms with van der Waals surface area (Å²) in [5.41, 5.74) is 1.89. The van der Waals surface area contributed by atoms with Gasteiger partial charge in [-0.25, -0.2) is 4.98 Å². The minimum Gasteiger partial charge on any atom is -0.342 e. The molecule has 0 atom stereocenters. The maximum atomic E-state index is 11.6. The number of amides is 1. The molecule has 0 radical (unpaired) electrons. The number of carbonyl (C=O) groups is 1. The Morgan fingerprint density at radius 3 is 2.95 bits per heavy atom. The van der Waals surface area contributed by atoms with Crippen molar-refractivity contribution in [3.63, 3.8) is 0 Å². The Morgan fingerprint density at radius 1 is 1.35 bits per heavy atom. The predicted octanol–water partition coefficient (Wildman–Crippen LogP) is 3.63. The average molecular weight is 307 g/mol. The van der Waals surface area contributed by atoms with E-state index in [1.807, 2.05) is 34.5 Å². The van der Waals surface area contributed by atoms with Gasteiger partial charge in [-0.3, -0.25) is 4.79 Å². The van der Waals surface area contributed by atoms with Crippen molar-refractivity contribution in [2.45, 2.75) is 19.3 Å². The van der Waals surface area contributed by atoms with Crippen LogP contribution in [0, 0.1) is 0 Å². The van der Waals surface area contributed by atoms with Crippen molar-refractivity contribution in [2.24, 2.45) is 0 Å². The lowest BCUT2D eigenvalue weighted by Gasteiger charge is -2.13. The lowest BCUT2D eigenvalue weighted by molar-refractivity contribution is -0.127. The highest BCUT2D eigenvalue weighted by Gasteiger charge is 2.20. The van der Waals surface area contributed by atoms with Gasteiger partial charge in [0.1, 0.15) is 0 Å². The number of nitrogens with zero attached hydrogens (tertiary/aromatic N) is 2. The Hall–Kier alpha value is -1.39. The van der Waals surface area contributed by atoms with Crippen molar-refractivity contribution in [2.75, 3.05) is 13.1 Å². The highest BCUT2D eigenvalue weighted by Crippen LogP contribution is 2.28. The van der Waals surface area contributed by atoms with Crippen LogP contribution in [-0.4, -0.2) is 28.9 Å². The Kier molecular flexibility index (Phi) is 4.03. The van der Waals surface area contributed by atoms with E-state index in [-0.39, 0.29) is 5.91 Å². The van der Waals surface area contributed by atoms with Crippen LogP contribution < -0.4 is 0 Å². The molecule has 1 aliphatic rings. The number of carbonyl (C=O) groups excluding carboxylic acids is 1. The molecule has 0 aliphatic carbocycles. The number of rotatable bonds is 4. The molecule has 104 valence electrons. The summed E-state index contributed by atoms with van der Waals surface area (Å²) >= 11 is 7.81. The van der Waals surface area contributed by atoms with Gasteiger partial charge in [-0.05, 0) is 12.5 Å². The Balaban J connectivity index is 1.68. The molecule has 2 heterocycles. The van der Waals surface area contributed by atoms with Crippen LogP contribution in [0.1, 0.15) is 17.8 Å². The number of hydrogen-bond acceptors (Lipinski definition) is 3. The fourth-order valence-corrected chi connectivity index (χ4v) is 3.41. The molecule has 1 aromatic carbocycles. The lowest BCUT2D eigenvalue weighted by atomic mass is 10.2. The first kappa shape index (κ1) is 13.6. The Morgan fingerprint density at radius 2 is 2.20 bits per heavy atom. The largest absolute Gasteiger partial charge is 0.342 e. The Bertz CT molecular complexity index is 626. The second kappa shape index (κ2) is 5.94. The standard InChI is InChI=1S/C15H15ClN2OS/c16-12-5-2-1-4-11(12)13-10-20-14(17-13)7-9-18-8-3-6-15(18)19/h1-2,4-5,10H,3,6-9H2. The molecule has 0 N–H and O–H groups in total. The van der Waals surface area contributed by atoms with Crippen molar-refractivity contribution >= 4 is 28.8 Å². The van der Waals surface area contributed by atoms with Crippen LogP contribution in [0.2, 0.25) is 5.02 Å². The van der Waals surface area contributed by atoms with Crippen LogP contribution in [0.5, 0.6) is 0 Å². The number of likely N-dealkylation sites (tertiary alicyclic amines) is 1. The van der Waals surface area contributed by atoms with Gasteiger partial charge < -0.3 is 4.90 Å². The van der Waals surface area contributed by atoms with Crippen LogP contribution in [0.3, 0.4) is 0 Å². The third-order valence-electron chi connectivity index (χ3n) is 3.47. The molecule has 1 saturated heterocycles. The molecule has 0 saturated carbocycles. The van der Waals surface area contributed by atoms with E-state index in [0.717, 1.165) is 47.2 Å². The first-order chi connectivity index (χ1) is 9.74. The van der Waals surface area contributed by atoms with Gasteiger partial charge in [0.15, 0.2) is 0 Å². The number of aromatic nitrogens is 1. The second-order valence-corrected chi connectivity index (χ2v) is 6.19. The summed E-state index contributed by atoms with van der Waals surface area (Å²) in [6, 6.07) is 7.73. The number of hydrogen-bond donors (Lipinski definition) is 0. The monoisotopic (exact) mass is 306 g/mol. The maximum Gasteiger partial charge on any atom is 0.222 e. The number of halogens is 1. The van der Waals surface area contributed by atoms with Gasteiger partial charge in [-0.1, -0.05) is 29.8 Å². The van der Waals surface area contributed by atoms with Gasteiger partial charge in [0.05, 0.1) is 10.7 Å². The molecule has 2 aromatic rings. The van der Waals surface area contributed by atoms with E-state index in [1.165, 1.54) is 0 Å². The normalized spacial score (nSPS) is 15.1. The molecular formula is C15H15ClN2OS. The smallest absolute Gasteiger partial charge is 0.222 e. The molecule has 0 bridgehead atoms. The van der Waals surface area contributed by atoms with Crippen LogP contribution >= 0.6 is 22.9 Å². The van der Waals surface area contributed by atoms with Gasteiger partial charge in [0, 0.05) is 41.9 Å². The summed E-state index contributed by atoms with van der Waals surface area (Å²) in [5, 5.41) is 3.81. The van der Waals surface area contributed by atoms with Crippen LogP contribution in [0.25, 0.3) is 11.3 Å². The maximum absolute atomic E-state index is 11.6. The summed E-state index contributed by atoms with van der Waals surface area (Å²) in [4.78, 5) is 18.1. The quantitative estimate of drug-likeness (QED) is 0.864. The zero-order valence-corrected chi connectivity index (χ0v) is 12.6. The second-order valence-electron chi connectivity index (χ2n) is 4.84. The van der Waals surface area contributed by atoms with Crippen molar-refractivity contribution in [1.82, 2.24) is 9.88 Å². The third-order valence-corrected chi connectivity index (χ3v) is 4.71. The minimum atomic E-state index is 0.271. The van der Waals surface area contributed by atoms with Gasteiger partial charge in [0.25, 0.3) is 0 Å². The lowest BCUT2D eigenvalue weighted by Crippen LogP contribution is -2.26. The summed E-state index contributed by atoms with van der Waals surface area (Å²) in [5.74, 6) is 0.271. The van der Waals surface area contributed by atoms with Gasteiger partial charge in [-0.2, -0.15) is 0 Å². The highest BCUT2D eigenvalue weighted by atomic mass is 35.5. The molecule has 20 heavy (non-hydrogen) atoms. The number of thiazole rings is 1. The predicted molar refractivity (Wildman–Crippen MR) is 82.1 cm³/mol. The molecule has 1 aliphatic heterocycles.